The molecule has 2 N–H and O–H groups in total. The van der Waals surface area contributed by atoms with Crippen molar-refractivity contribution in [3.63, 3.8) is 0 Å². The number of carboxylic acids is 1. The van der Waals surface area contributed by atoms with E-state index in [1.54, 1.807) is 49.4 Å². The van der Waals surface area contributed by atoms with E-state index >= 15 is 0 Å². The number of rotatable bonds is 5. The zero-order valence-electron chi connectivity index (χ0n) is 17.4. The van der Waals surface area contributed by atoms with Crippen LogP contribution in [0.2, 0.25) is 15.1 Å². The van der Waals surface area contributed by atoms with Crippen LogP contribution in [0.3, 0.4) is 0 Å². The Balaban J connectivity index is 1.83. The third-order valence-electron chi connectivity index (χ3n) is 5.00. The Labute approximate surface area is 208 Å². The number of carboxylic acid groups (broad SMARTS) is 1. The van der Waals surface area contributed by atoms with Gasteiger partial charge in [-0.05, 0) is 55.5 Å². The van der Waals surface area contributed by atoms with Crippen LogP contribution in [0.5, 0.6) is 0 Å². The van der Waals surface area contributed by atoms with E-state index < -0.39 is 17.7 Å². The van der Waals surface area contributed by atoms with Crippen molar-refractivity contribution in [1.29, 1.82) is 0 Å². The van der Waals surface area contributed by atoms with Gasteiger partial charge in [-0.25, -0.2) is 13.9 Å². The molecule has 0 radical (unpaired) electrons. The van der Waals surface area contributed by atoms with Gasteiger partial charge in [0.2, 0.25) is 0 Å². The number of hydrogen-bond acceptors (Lipinski definition) is 3. The molecule has 0 unspecified atom stereocenters. The highest BCUT2D eigenvalue weighted by atomic mass is 35.5. The fourth-order valence-corrected chi connectivity index (χ4v) is 4.08. The highest BCUT2D eigenvalue weighted by Gasteiger charge is 2.24. The molecule has 172 valence electrons. The van der Waals surface area contributed by atoms with Gasteiger partial charge in [-0.3, -0.25) is 4.79 Å². The normalized spacial score (nSPS) is 10.9. The number of nitrogens with zero attached hydrogens (tertiary/aromatic N) is 2. The van der Waals surface area contributed by atoms with Gasteiger partial charge in [0, 0.05) is 26.9 Å². The molecule has 0 aliphatic carbocycles. The minimum Gasteiger partial charge on any atom is -0.478 e. The Morgan fingerprint density at radius 2 is 1.65 bits per heavy atom. The SMILES string of the molecule is Cc1c(C(=O)Nc2cc(F)cc(C(=O)O)c2)nn(-c2ccc(Cl)cc2Cl)c1-c1ccc(Cl)cc1. The predicted molar refractivity (Wildman–Crippen MR) is 130 cm³/mol. The number of anilines is 1. The van der Waals surface area contributed by atoms with E-state index in [0.29, 0.717) is 32.0 Å². The minimum atomic E-state index is -1.32. The van der Waals surface area contributed by atoms with Crippen molar-refractivity contribution in [3.8, 4) is 16.9 Å². The van der Waals surface area contributed by atoms with Crippen molar-refractivity contribution in [1.82, 2.24) is 9.78 Å². The monoisotopic (exact) mass is 517 g/mol. The van der Waals surface area contributed by atoms with Crippen LogP contribution in [-0.2, 0) is 0 Å². The Morgan fingerprint density at radius 3 is 2.29 bits per heavy atom. The van der Waals surface area contributed by atoms with Gasteiger partial charge in [-0.2, -0.15) is 5.10 Å². The van der Waals surface area contributed by atoms with Gasteiger partial charge in [0.15, 0.2) is 5.69 Å². The van der Waals surface area contributed by atoms with Gasteiger partial charge >= 0.3 is 5.97 Å². The molecule has 4 aromatic rings. The average Bonchev–Trinajstić information content (AvgIpc) is 3.11. The molecular weight excluding hydrogens is 504 g/mol. The largest absolute Gasteiger partial charge is 0.478 e. The fourth-order valence-electron chi connectivity index (χ4n) is 3.46. The van der Waals surface area contributed by atoms with Crippen LogP contribution in [0.1, 0.15) is 26.4 Å². The second-order valence-electron chi connectivity index (χ2n) is 7.32. The number of carbonyl (C=O) groups is 2. The smallest absolute Gasteiger partial charge is 0.335 e. The van der Waals surface area contributed by atoms with E-state index in [0.717, 1.165) is 23.8 Å². The number of carbonyl (C=O) groups excluding carboxylic acids is 1. The van der Waals surface area contributed by atoms with E-state index in [-0.39, 0.29) is 16.9 Å². The average molecular weight is 519 g/mol. The molecule has 0 saturated carbocycles. The van der Waals surface area contributed by atoms with Crippen molar-refractivity contribution < 1.29 is 19.1 Å². The van der Waals surface area contributed by atoms with E-state index in [1.807, 2.05) is 0 Å². The van der Waals surface area contributed by atoms with E-state index in [4.69, 9.17) is 39.9 Å². The van der Waals surface area contributed by atoms with Gasteiger partial charge in [-0.15, -0.1) is 0 Å². The molecule has 1 heterocycles. The number of amides is 1. The summed E-state index contributed by atoms with van der Waals surface area (Å²) in [5.74, 6) is -2.77. The molecule has 34 heavy (non-hydrogen) atoms. The number of hydrogen-bond donors (Lipinski definition) is 2. The quantitative estimate of drug-likeness (QED) is 0.301. The maximum absolute atomic E-state index is 13.9. The molecule has 10 heteroatoms. The lowest BCUT2D eigenvalue weighted by Gasteiger charge is -2.11. The van der Waals surface area contributed by atoms with E-state index in [9.17, 15) is 14.0 Å². The first-order chi connectivity index (χ1) is 16.1. The molecule has 3 aromatic carbocycles. The van der Waals surface area contributed by atoms with Crippen LogP contribution in [0.15, 0.2) is 60.7 Å². The zero-order valence-corrected chi connectivity index (χ0v) is 19.7. The Kier molecular flexibility index (Phi) is 6.61. The lowest BCUT2D eigenvalue weighted by molar-refractivity contribution is 0.0696. The van der Waals surface area contributed by atoms with Gasteiger partial charge in [0.25, 0.3) is 5.91 Å². The number of nitrogens with one attached hydrogen (secondary N) is 1. The van der Waals surface area contributed by atoms with Gasteiger partial charge in [-0.1, -0.05) is 46.9 Å². The minimum absolute atomic E-state index is 0.0195. The topological polar surface area (TPSA) is 84.2 Å². The van der Waals surface area contributed by atoms with Crippen molar-refractivity contribution in [2.24, 2.45) is 0 Å². The summed E-state index contributed by atoms with van der Waals surface area (Å²) in [7, 11) is 0. The summed E-state index contributed by atoms with van der Waals surface area (Å²) in [5.41, 5.74) is 2.02. The van der Waals surface area contributed by atoms with Crippen LogP contribution in [0, 0.1) is 12.7 Å². The van der Waals surface area contributed by atoms with E-state index in [1.165, 1.54) is 4.68 Å². The summed E-state index contributed by atoms with van der Waals surface area (Å²) < 4.78 is 15.4. The summed E-state index contributed by atoms with van der Waals surface area (Å²) in [4.78, 5) is 24.3. The number of aromatic nitrogens is 2. The van der Waals surface area contributed by atoms with Crippen molar-refractivity contribution in [2.45, 2.75) is 6.92 Å². The molecule has 0 spiro atoms. The number of halogens is 4. The Bertz CT molecular complexity index is 1440. The Hall–Kier alpha value is -3.39. The van der Waals surface area contributed by atoms with Crippen LogP contribution < -0.4 is 5.32 Å². The predicted octanol–water partition coefficient (Wildman–Crippen LogP) is 6.90. The summed E-state index contributed by atoms with van der Waals surface area (Å²) in [5, 5.41) is 17.4. The summed E-state index contributed by atoms with van der Waals surface area (Å²) in [6.07, 6.45) is 0. The molecule has 0 bridgehead atoms. The van der Waals surface area contributed by atoms with Crippen molar-refractivity contribution in [3.05, 3.63) is 98.4 Å². The molecule has 0 fully saturated rings. The maximum atomic E-state index is 13.9. The molecule has 4 rings (SSSR count). The number of benzene rings is 3. The van der Waals surface area contributed by atoms with Crippen molar-refractivity contribution in [2.75, 3.05) is 5.32 Å². The third kappa shape index (κ3) is 4.77. The summed E-state index contributed by atoms with van der Waals surface area (Å²) in [6, 6.07) is 14.9. The first kappa shape index (κ1) is 23.8. The first-order valence-electron chi connectivity index (χ1n) is 9.80. The molecule has 1 amide bonds. The lowest BCUT2D eigenvalue weighted by atomic mass is 10.1. The van der Waals surface area contributed by atoms with Crippen LogP contribution >= 0.6 is 34.8 Å². The zero-order chi connectivity index (χ0) is 24.6. The van der Waals surface area contributed by atoms with Gasteiger partial charge in [0.05, 0.1) is 22.0 Å². The van der Waals surface area contributed by atoms with Crippen LogP contribution in [-0.4, -0.2) is 26.8 Å². The number of aromatic carboxylic acids is 1. The van der Waals surface area contributed by atoms with E-state index in [2.05, 4.69) is 10.4 Å². The molecule has 1 aromatic heterocycles. The van der Waals surface area contributed by atoms with Crippen LogP contribution in [0.25, 0.3) is 16.9 Å². The second kappa shape index (κ2) is 9.46. The summed E-state index contributed by atoms with van der Waals surface area (Å²) >= 11 is 18.5. The van der Waals surface area contributed by atoms with Gasteiger partial charge in [0.1, 0.15) is 5.82 Å². The standard InChI is InChI=1S/C24H15Cl3FN3O3/c1-12-21(23(32)29-18-9-14(24(33)34)8-17(28)11-18)30-31(20-7-6-16(26)10-19(20)27)22(12)13-2-4-15(25)5-3-13/h2-11H,1H3,(H,29,32)(H,33,34). The molecule has 0 aliphatic rings. The molecular formula is C24H15Cl3FN3O3. The third-order valence-corrected chi connectivity index (χ3v) is 5.79. The highest BCUT2D eigenvalue weighted by Crippen LogP contribution is 2.33. The maximum Gasteiger partial charge on any atom is 0.335 e. The Morgan fingerprint density at radius 1 is 0.971 bits per heavy atom. The second-order valence-corrected chi connectivity index (χ2v) is 8.60. The van der Waals surface area contributed by atoms with Crippen LogP contribution in [0.4, 0.5) is 10.1 Å². The van der Waals surface area contributed by atoms with Crippen molar-refractivity contribution >= 4 is 52.4 Å². The molecule has 6 nitrogen and oxygen atoms in total. The molecule has 0 saturated heterocycles. The van der Waals surface area contributed by atoms with Gasteiger partial charge < -0.3 is 10.4 Å². The lowest BCUT2D eigenvalue weighted by Crippen LogP contribution is -2.15. The highest BCUT2D eigenvalue weighted by molar-refractivity contribution is 6.35. The molecule has 0 aliphatic heterocycles. The fraction of sp³-hybridized carbons (Fsp3) is 0.0417. The molecule has 0 atom stereocenters. The first-order valence-corrected chi connectivity index (χ1v) is 10.9. The summed E-state index contributed by atoms with van der Waals surface area (Å²) in [6.45, 7) is 1.71.